The molecule has 2 amide bonds. The van der Waals surface area contributed by atoms with Crippen LogP contribution in [0, 0.1) is 5.92 Å². The second-order valence-electron chi connectivity index (χ2n) is 8.26. The van der Waals surface area contributed by atoms with E-state index in [1.807, 2.05) is 47.2 Å². The van der Waals surface area contributed by atoms with Crippen molar-refractivity contribution < 1.29 is 9.59 Å². The Morgan fingerprint density at radius 3 is 2.37 bits per heavy atom. The number of nitrogens with one attached hydrogen (secondary N) is 1. The molecule has 1 aliphatic carbocycles. The van der Waals surface area contributed by atoms with E-state index in [1.54, 1.807) is 12.3 Å². The molecule has 0 radical (unpaired) electrons. The third kappa shape index (κ3) is 4.38. The van der Waals surface area contributed by atoms with Crippen LogP contribution in [0.4, 0.5) is 0 Å². The van der Waals surface area contributed by atoms with Crippen LogP contribution >= 0.6 is 0 Å². The van der Waals surface area contributed by atoms with Crippen molar-refractivity contribution in [1.29, 1.82) is 0 Å². The average molecular weight is 407 g/mol. The molecule has 1 saturated heterocycles. The number of aromatic nitrogens is 1. The van der Waals surface area contributed by atoms with Crippen LogP contribution in [0.2, 0.25) is 0 Å². The topological polar surface area (TPSA) is 65.5 Å². The second kappa shape index (κ2) is 9.39. The molecule has 1 aromatic carbocycles. The maximum absolute atomic E-state index is 13.5. The lowest BCUT2D eigenvalue weighted by molar-refractivity contribution is -0.141. The minimum atomic E-state index is -0.123. The minimum Gasteiger partial charge on any atom is -0.333 e. The molecule has 2 fully saturated rings. The predicted molar refractivity (Wildman–Crippen MR) is 116 cm³/mol. The van der Waals surface area contributed by atoms with E-state index in [1.165, 1.54) is 0 Å². The Kier molecular flexibility index (Phi) is 6.43. The Bertz CT molecular complexity index is 850. The van der Waals surface area contributed by atoms with Gasteiger partial charge in [0.15, 0.2) is 0 Å². The normalized spacial score (nSPS) is 24.5. The molecule has 0 unspecified atom stereocenters. The molecule has 1 saturated carbocycles. The van der Waals surface area contributed by atoms with Crippen molar-refractivity contribution in [2.24, 2.45) is 5.92 Å². The van der Waals surface area contributed by atoms with Crippen LogP contribution in [-0.2, 0) is 4.79 Å². The number of carbonyl (C=O) groups excluding carboxylic acids is 2. The first-order valence-corrected chi connectivity index (χ1v) is 10.9. The van der Waals surface area contributed by atoms with Crippen molar-refractivity contribution in [2.75, 3.05) is 26.7 Å². The summed E-state index contributed by atoms with van der Waals surface area (Å²) in [6, 6.07) is 15.9. The van der Waals surface area contributed by atoms with Crippen molar-refractivity contribution >= 4 is 11.8 Å². The second-order valence-corrected chi connectivity index (χ2v) is 8.26. The van der Waals surface area contributed by atoms with Crippen molar-refractivity contribution in [3.05, 3.63) is 66.0 Å². The maximum Gasteiger partial charge on any atom is 0.272 e. The molecule has 30 heavy (non-hydrogen) atoms. The van der Waals surface area contributed by atoms with Gasteiger partial charge in [-0.15, -0.1) is 0 Å². The number of pyridine rings is 1. The standard InChI is InChI=1S/C24H30N4O2/c1-25-20-12-10-19(11-13-20)23(29)28-16-15-27(24(30)21-9-5-6-14-26-21)17-22(28)18-7-3-2-4-8-18/h2-9,14,19-20,22,25H,10-13,15-17H2,1H3/t19-,20-,22-/m1/s1. The molecule has 4 rings (SSSR count). The molecular formula is C24H30N4O2. The van der Waals surface area contributed by atoms with E-state index < -0.39 is 0 Å². The van der Waals surface area contributed by atoms with Crippen LogP contribution in [0.5, 0.6) is 0 Å². The zero-order valence-corrected chi connectivity index (χ0v) is 17.5. The lowest BCUT2D eigenvalue weighted by Crippen LogP contribution is -2.54. The summed E-state index contributed by atoms with van der Waals surface area (Å²) < 4.78 is 0. The van der Waals surface area contributed by atoms with Crippen molar-refractivity contribution in [3.8, 4) is 0 Å². The van der Waals surface area contributed by atoms with Crippen molar-refractivity contribution in [2.45, 2.75) is 37.8 Å². The number of hydrogen-bond acceptors (Lipinski definition) is 4. The molecule has 1 aliphatic heterocycles. The predicted octanol–water partition coefficient (Wildman–Crippen LogP) is 2.89. The molecule has 1 atom stereocenters. The lowest BCUT2D eigenvalue weighted by atomic mass is 9.84. The molecule has 6 nitrogen and oxygen atoms in total. The van der Waals surface area contributed by atoms with E-state index >= 15 is 0 Å². The fourth-order valence-electron chi connectivity index (χ4n) is 4.71. The quantitative estimate of drug-likeness (QED) is 0.848. The number of hydrogen-bond donors (Lipinski definition) is 1. The first kappa shape index (κ1) is 20.5. The monoisotopic (exact) mass is 406 g/mol. The molecule has 2 aliphatic rings. The van der Waals surface area contributed by atoms with E-state index in [2.05, 4.69) is 22.4 Å². The highest BCUT2D eigenvalue weighted by atomic mass is 16.2. The summed E-state index contributed by atoms with van der Waals surface area (Å²) in [5.74, 6) is 0.250. The van der Waals surface area contributed by atoms with Crippen LogP contribution < -0.4 is 5.32 Å². The zero-order chi connectivity index (χ0) is 20.9. The van der Waals surface area contributed by atoms with Crippen LogP contribution in [0.15, 0.2) is 54.7 Å². The highest BCUT2D eigenvalue weighted by molar-refractivity contribution is 5.92. The van der Waals surface area contributed by atoms with Gasteiger partial charge in [0.2, 0.25) is 5.91 Å². The largest absolute Gasteiger partial charge is 0.333 e. The molecule has 6 heteroatoms. The SMILES string of the molecule is CN[C@H]1CC[C@H](C(=O)N2CCN(C(=O)c3ccccn3)C[C@@H]2c2ccccc2)CC1. The van der Waals surface area contributed by atoms with Gasteiger partial charge in [0.25, 0.3) is 5.91 Å². The Balaban J connectivity index is 1.53. The summed E-state index contributed by atoms with van der Waals surface area (Å²) >= 11 is 0. The van der Waals surface area contributed by atoms with Crippen LogP contribution in [-0.4, -0.2) is 59.3 Å². The van der Waals surface area contributed by atoms with Crippen molar-refractivity contribution in [1.82, 2.24) is 20.1 Å². The highest BCUT2D eigenvalue weighted by Gasteiger charge is 2.37. The first-order chi connectivity index (χ1) is 14.7. The molecular weight excluding hydrogens is 376 g/mol. The third-order valence-corrected chi connectivity index (χ3v) is 6.50. The summed E-state index contributed by atoms with van der Waals surface area (Å²) in [6.45, 7) is 1.59. The minimum absolute atomic E-state index is 0.0711. The summed E-state index contributed by atoms with van der Waals surface area (Å²) in [4.78, 5) is 34.5. The summed E-state index contributed by atoms with van der Waals surface area (Å²) in [5.41, 5.74) is 1.53. The smallest absolute Gasteiger partial charge is 0.272 e. The van der Waals surface area contributed by atoms with Gasteiger partial charge >= 0.3 is 0 Å². The van der Waals surface area contributed by atoms with Gasteiger partial charge in [0.05, 0.1) is 6.04 Å². The van der Waals surface area contributed by atoms with Gasteiger partial charge in [-0.3, -0.25) is 14.6 Å². The zero-order valence-electron chi connectivity index (χ0n) is 17.5. The van der Waals surface area contributed by atoms with E-state index in [0.717, 1.165) is 31.2 Å². The first-order valence-electron chi connectivity index (χ1n) is 10.9. The lowest BCUT2D eigenvalue weighted by Gasteiger charge is -2.43. The van der Waals surface area contributed by atoms with Gasteiger partial charge in [-0.25, -0.2) is 0 Å². The molecule has 2 heterocycles. The highest BCUT2D eigenvalue weighted by Crippen LogP contribution is 2.32. The van der Waals surface area contributed by atoms with Crippen molar-refractivity contribution in [3.63, 3.8) is 0 Å². The van der Waals surface area contributed by atoms with E-state index in [9.17, 15) is 9.59 Å². The molecule has 158 valence electrons. The average Bonchev–Trinajstić information content (AvgIpc) is 2.84. The Morgan fingerprint density at radius 1 is 0.967 bits per heavy atom. The Labute approximate surface area is 178 Å². The molecule has 0 bridgehead atoms. The van der Waals surface area contributed by atoms with Gasteiger partial charge < -0.3 is 15.1 Å². The number of rotatable bonds is 4. The van der Waals surface area contributed by atoms with Gasteiger partial charge in [-0.05, 0) is 50.4 Å². The van der Waals surface area contributed by atoms with Gasteiger partial charge in [-0.1, -0.05) is 36.4 Å². The van der Waals surface area contributed by atoms with Crippen LogP contribution in [0.3, 0.4) is 0 Å². The number of carbonyl (C=O) groups is 2. The third-order valence-electron chi connectivity index (χ3n) is 6.50. The number of piperazine rings is 1. The van der Waals surface area contributed by atoms with E-state index in [-0.39, 0.29) is 23.8 Å². The fourth-order valence-corrected chi connectivity index (χ4v) is 4.71. The Morgan fingerprint density at radius 2 is 1.70 bits per heavy atom. The fraction of sp³-hybridized carbons (Fsp3) is 0.458. The molecule has 1 N–H and O–H groups in total. The number of benzene rings is 1. The van der Waals surface area contributed by atoms with E-state index in [0.29, 0.717) is 31.4 Å². The molecule has 2 aromatic rings. The van der Waals surface area contributed by atoms with E-state index in [4.69, 9.17) is 0 Å². The van der Waals surface area contributed by atoms with Crippen LogP contribution in [0.25, 0.3) is 0 Å². The van der Waals surface area contributed by atoms with Gasteiger partial charge in [0, 0.05) is 37.8 Å². The number of amides is 2. The maximum atomic E-state index is 13.5. The number of nitrogens with zero attached hydrogens (tertiary/aromatic N) is 3. The summed E-state index contributed by atoms with van der Waals surface area (Å²) in [5, 5.41) is 3.34. The van der Waals surface area contributed by atoms with Crippen LogP contribution in [0.1, 0.15) is 47.8 Å². The summed E-state index contributed by atoms with van der Waals surface area (Å²) in [7, 11) is 2.00. The summed E-state index contributed by atoms with van der Waals surface area (Å²) in [6.07, 6.45) is 5.59. The van der Waals surface area contributed by atoms with Gasteiger partial charge in [0.1, 0.15) is 5.69 Å². The molecule has 0 spiro atoms. The Hall–Kier alpha value is -2.73. The van der Waals surface area contributed by atoms with Gasteiger partial charge in [-0.2, -0.15) is 0 Å². The molecule has 1 aromatic heterocycles.